The maximum Gasteiger partial charge on any atom is 0.178 e. The summed E-state index contributed by atoms with van der Waals surface area (Å²) in [6.07, 6.45) is 7.98. The second kappa shape index (κ2) is 7.92. The first-order valence-corrected chi connectivity index (χ1v) is 10.9. The summed E-state index contributed by atoms with van der Waals surface area (Å²) < 4.78 is 3.95. The van der Waals surface area contributed by atoms with Gasteiger partial charge in [0.05, 0.1) is 6.33 Å². The fraction of sp³-hybridized carbons (Fsp3) is 0.200. The first kappa shape index (κ1) is 18.7. The predicted molar refractivity (Wildman–Crippen MR) is 123 cm³/mol. The van der Waals surface area contributed by atoms with Crippen molar-refractivity contribution >= 4 is 11.5 Å². The molecule has 3 heterocycles. The Balaban J connectivity index is 1.21. The molecule has 0 saturated heterocycles. The smallest absolute Gasteiger partial charge is 0.178 e. The van der Waals surface area contributed by atoms with Crippen molar-refractivity contribution in [3.8, 4) is 11.1 Å². The van der Waals surface area contributed by atoms with E-state index in [0.29, 0.717) is 12.5 Å². The van der Waals surface area contributed by atoms with Crippen LogP contribution in [0.25, 0.3) is 16.8 Å². The van der Waals surface area contributed by atoms with Crippen molar-refractivity contribution in [2.75, 3.05) is 5.32 Å². The normalized spacial score (nSPS) is 13.5. The quantitative estimate of drug-likeness (QED) is 0.418. The van der Waals surface area contributed by atoms with Gasteiger partial charge in [-0.2, -0.15) is 4.52 Å². The number of rotatable bonds is 7. The Morgan fingerprint density at radius 3 is 2.62 bits per heavy atom. The zero-order chi connectivity index (χ0) is 21.3. The number of nitrogens with one attached hydrogen (secondary N) is 1. The summed E-state index contributed by atoms with van der Waals surface area (Å²) in [6, 6.07) is 21.2. The Kier molecular flexibility index (Phi) is 4.64. The minimum atomic E-state index is 0.505. The minimum Gasteiger partial charge on any atom is -0.365 e. The van der Waals surface area contributed by atoms with Gasteiger partial charge in [0.15, 0.2) is 11.5 Å². The molecule has 0 spiro atoms. The first-order valence-electron chi connectivity index (χ1n) is 10.9. The van der Waals surface area contributed by atoms with Crippen LogP contribution in [0.3, 0.4) is 0 Å². The summed E-state index contributed by atoms with van der Waals surface area (Å²) in [7, 11) is 0. The molecule has 1 fully saturated rings. The van der Waals surface area contributed by atoms with E-state index >= 15 is 0 Å². The third-order valence-corrected chi connectivity index (χ3v) is 5.90. The Labute approximate surface area is 185 Å². The number of fused-ring (bicyclic) bond motifs is 1. The van der Waals surface area contributed by atoms with Crippen molar-refractivity contribution in [1.82, 2.24) is 29.4 Å². The molecule has 1 aliphatic carbocycles. The topological polar surface area (TPSA) is 72.9 Å². The molecule has 3 aromatic heterocycles. The molecular weight excluding hydrogens is 398 g/mol. The van der Waals surface area contributed by atoms with Crippen molar-refractivity contribution in [3.63, 3.8) is 0 Å². The highest BCUT2D eigenvalue weighted by Crippen LogP contribution is 2.38. The Hall–Kier alpha value is -4.00. The lowest BCUT2D eigenvalue weighted by atomic mass is 9.98. The molecule has 2 aromatic carbocycles. The van der Waals surface area contributed by atoms with Crippen LogP contribution < -0.4 is 5.32 Å². The number of hydrogen-bond donors (Lipinski definition) is 1. The lowest BCUT2D eigenvalue weighted by Gasteiger charge is -2.12. The third-order valence-electron chi connectivity index (χ3n) is 5.90. The number of anilines is 1. The number of hydrogen-bond acceptors (Lipinski definition) is 5. The number of aromatic nitrogens is 6. The van der Waals surface area contributed by atoms with Crippen LogP contribution in [0.2, 0.25) is 0 Å². The molecule has 1 aliphatic rings. The van der Waals surface area contributed by atoms with E-state index in [9.17, 15) is 0 Å². The maximum atomic E-state index is 4.73. The molecule has 0 unspecified atom stereocenters. The maximum absolute atomic E-state index is 4.73. The zero-order valence-electron chi connectivity index (χ0n) is 17.6. The van der Waals surface area contributed by atoms with E-state index in [1.165, 1.54) is 35.1 Å². The highest BCUT2D eigenvalue weighted by Gasteiger charge is 2.29. The number of imidazole rings is 1. The van der Waals surface area contributed by atoms with Crippen LogP contribution in [0.15, 0.2) is 79.4 Å². The van der Waals surface area contributed by atoms with Crippen molar-refractivity contribution in [1.29, 1.82) is 0 Å². The van der Waals surface area contributed by atoms with Crippen molar-refractivity contribution in [3.05, 3.63) is 96.3 Å². The molecule has 6 rings (SSSR count). The standard InChI is InChI=1S/C25H23N7/c1-2-4-22(19-7-5-18(6-8-19)16-31-14-13-26-17-31)21(3-1)15-27-23-11-12-24-28-29-25(20-9-10-20)32(24)30-23/h1-8,11-14,17,20H,9-10,15-16H2,(H,27,30). The van der Waals surface area contributed by atoms with Gasteiger partial charge in [0.1, 0.15) is 5.82 Å². The first-order chi connectivity index (χ1) is 15.8. The van der Waals surface area contributed by atoms with Gasteiger partial charge in [-0.15, -0.1) is 15.3 Å². The second-order valence-corrected chi connectivity index (χ2v) is 8.26. The second-order valence-electron chi connectivity index (χ2n) is 8.26. The van der Waals surface area contributed by atoms with Crippen LogP contribution in [0, 0.1) is 0 Å². The van der Waals surface area contributed by atoms with E-state index < -0.39 is 0 Å². The third kappa shape index (κ3) is 3.73. The highest BCUT2D eigenvalue weighted by atomic mass is 15.4. The van der Waals surface area contributed by atoms with E-state index in [-0.39, 0.29) is 0 Å². The molecule has 0 amide bonds. The molecule has 1 N–H and O–H groups in total. The summed E-state index contributed by atoms with van der Waals surface area (Å²) in [6.45, 7) is 1.51. The number of nitrogens with zero attached hydrogens (tertiary/aromatic N) is 6. The lowest BCUT2D eigenvalue weighted by Crippen LogP contribution is -2.06. The van der Waals surface area contributed by atoms with E-state index in [1.807, 2.05) is 29.2 Å². The SMILES string of the molecule is c1ccc(-c2ccc(Cn3ccnc3)cc2)c(CNc2ccc3nnc(C4CC4)n3n2)c1. The largest absolute Gasteiger partial charge is 0.365 e. The van der Waals surface area contributed by atoms with Crippen LogP contribution in [0.4, 0.5) is 5.82 Å². The molecule has 1 saturated carbocycles. The summed E-state index contributed by atoms with van der Waals surface area (Å²) in [5.41, 5.74) is 5.70. The molecule has 0 aliphatic heterocycles. The summed E-state index contributed by atoms with van der Waals surface area (Å²) in [5.74, 6) is 2.30. The molecule has 32 heavy (non-hydrogen) atoms. The molecule has 5 aromatic rings. The molecule has 158 valence electrons. The average molecular weight is 422 g/mol. The van der Waals surface area contributed by atoms with E-state index in [0.717, 1.165) is 23.8 Å². The van der Waals surface area contributed by atoms with Gasteiger partial charge in [-0.05, 0) is 47.2 Å². The summed E-state index contributed by atoms with van der Waals surface area (Å²) in [5, 5.41) is 16.8. The summed E-state index contributed by atoms with van der Waals surface area (Å²) >= 11 is 0. The van der Waals surface area contributed by atoms with Gasteiger partial charge in [0, 0.05) is 31.4 Å². The fourth-order valence-corrected chi connectivity index (χ4v) is 4.02. The Morgan fingerprint density at radius 2 is 1.81 bits per heavy atom. The predicted octanol–water partition coefficient (Wildman–Crippen LogP) is 4.53. The molecule has 7 nitrogen and oxygen atoms in total. The van der Waals surface area contributed by atoms with Crippen LogP contribution in [-0.2, 0) is 13.1 Å². The van der Waals surface area contributed by atoms with Crippen LogP contribution in [-0.4, -0.2) is 29.4 Å². The van der Waals surface area contributed by atoms with E-state index in [4.69, 9.17) is 5.10 Å². The van der Waals surface area contributed by atoms with Gasteiger partial charge in [0.2, 0.25) is 0 Å². The molecule has 0 bridgehead atoms. The van der Waals surface area contributed by atoms with Gasteiger partial charge < -0.3 is 9.88 Å². The van der Waals surface area contributed by atoms with Gasteiger partial charge in [0.25, 0.3) is 0 Å². The van der Waals surface area contributed by atoms with Crippen molar-refractivity contribution in [2.45, 2.75) is 31.8 Å². The van der Waals surface area contributed by atoms with Crippen LogP contribution in [0.1, 0.15) is 35.7 Å². The van der Waals surface area contributed by atoms with Gasteiger partial charge in [-0.1, -0.05) is 48.5 Å². The summed E-state index contributed by atoms with van der Waals surface area (Å²) in [4.78, 5) is 4.11. The van der Waals surface area contributed by atoms with Crippen molar-refractivity contribution in [2.24, 2.45) is 0 Å². The van der Waals surface area contributed by atoms with Gasteiger partial charge in [-0.3, -0.25) is 0 Å². The highest BCUT2D eigenvalue weighted by molar-refractivity contribution is 5.68. The minimum absolute atomic E-state index is 0.505. The van der Waals surface area contributed by atoms with Crippen LogP contribution >= 0.6 is 0 Å². The lowest BCUT2D eigenvalue weighted by molar-refractivity contribution is 0.797. The number of benzene rings is 2. The van der Waals surface area contributed by atoms with E-state index in [1.54, 1.807) is 6.20 Å². The van der Waals surface area contributed by atoms with Crippen LogP contribution in [0.5, 0.6) is 0 Å². The molecule has 7 heteroatoms. The monoisotopic (exact) mass is 421 g/mol. The zero-order valence-corrected chi connectivity index (χ0v) is 17.6. The molecule has 0 radical (unpaired) electrons. The fourth-order valence-electron chi connectivity index (χ4n) is 4.02. The average Bonchev–Trinajstić information content (AvgIpc) is 3.38. The van der Waals surface area contributed by atoms with Gasteiger partial charge in [-0.25, -0.2) is 4.98 Å². The van der Waals surface area contributed by atoms with E-state index in [2.05, 4.69) is 73.6 Å². The Bertz CT molecular complexity index is 1350. The molecule has 0 atom stereocenters. The molecular formula is C25H23N7. The Morgan fingerprint density at radius 1 is 0.938 bits per heavy atom. The van der Waals surface area contributed by atoms with Crippen molar-refractivity contribution < 1.29 is 0 Å². The van der Waals surface area contributed by atoms with Gasteiger partial charge >= 0.3 is 0 Å².